The van der Waals surface area contributed by atoms with E-state index in [9.17, 15) is 0 Å². The lowest BCUT2D eigenvalue weighted by Crippen LogP contribution is -1.82. The third-order valence-electron chi connectivity index (χ3n) is 1.19. The van der Waals surface area contributed by atoms with E-state index >= 15 is 0 Å². The first kappa shape index (κ1) is 8.98. The average molecular weight is 211 g/mol. The maximum absolute atomic E-state index is 5.70. The molecule has 0 aliphatic heterocycles. The van der Waals surface area contributed by atoms with E-state index in [1.54, 1.807) is 12.1 Å². The van der Waals surface area contributed by atoms with Gasteiger partial charge in [-0.05, 0) is 0 Å². The molecular weight excluding hydrogens is 206 g/mol. The van der Waals surface area contributed by atoms with Gasteiger partial charge in [-0.2, -0.15) is 0 Å². The van der Waals surface area contributed by atoms with Gasteiger partial charge in [-0.1, -0.05) is 34.8 Å². The number of ether oxygens (including phenoxy) is 1. The standard InChI is InChI=1S/C7H5Cl3O/c1-11-4-2-5(8)7(10)6(9)3-4/h2-3H,1H3. The summed E-state index contributed by atoms with van der Waals surface area (Å²) >= 11 is 17.1. The summed E-state index contributed by atoms with van der Waals surface area (Å²) in [5.74, 6) is 0.601. The quantitative estimate of drug-likeness (QED) is 0.644. The summed E-state index contributed by atoms with van der Waals surface area (Å²) in [4.78, 5) is 0. The molecule has 0 fully saturated rings. The van der Waals surface area contributed by atoms with Crippen molar-refractivity contribution in [2.45, 2.75) is 0 Å². The summed E-state index contributed by atoms with van der Waals surface area (Å²) in [6, 6.07) is 3.21. The Morgan fingerprint density at radius 2 is 1.55 bits per heavy atom. The second kappa shape index (κ2) is 3.53. The lowest BCUT2D eigenvalue weighted by Gasteiger charge is -2.02. The van der Waals surface area contributed by atoms with Crippen molar-refractivity contribution in [2.24, 2.45) is 0 Å². The van der Waals surface area contributed by atoms with Crippen LogP contribution in [0, 0.1) is 0 Å². The SMILES string of the molecule is COc1cc(Cl)c(Cl)c(Cl)c1. The van der Waals surface area contributed by atoms with E-state index < -0.39 is 0 Å². The minimum Gasteiger partial charge on any atom is -0.497 e. The molecule has 0 saturated carbocycles. The van der Waals surface area contributed by atoms with Crippen molar-refractivity contribution in [2.75, 3.05) is 7.11 Å². The van der Waals surface area contributed by atoms with Crippen LogP contribution in [0.1, 0.15) is 0 Å². The Balaban J connectivity index is 3.21. The largest absolute Gasteiger partial charge is 0.497 e. The molecule has 1 aromatic carbocycles. The molecule has 0 radical (unpaired) electrons. The maximum atomic E-state index is 5.70. The van der Waals surface area contributed by atoms with Gasteiger partial charge in [-0.25, -0.2) is 0 Å². The molecule has 4 heteroatoms. The number of methoxy groups -OCH3 is 1. The molecule has 0 aliphatic carbocycles. The van der Waals surface area contributed by atoms with E-state index in [1.165, 1.54) is 7.11 Å². The number of hydrogen-bond donors (Lipinski definition) is 0. The summed E-state index contributed by atoms with van der Waals surface area (Å²) in [5.41, 5.74) is 0. The zero-order valence-electron chi connectivity index (χ0n) is 5.70. The van der Waals surface area contributed by atoms with Crippen molar-refractivity contribution in [1.29, 1.82) is 0 Å². The summed E-state index contributed by atoms with van der Waals surface area (Å²) in [6.07, 6.45) is 0. The van der Waals surface area contributed by atoms with Crippen LogP contribution >= 0.6 is 34.8 Å². The van der Waals surface area contributed by atoms with Gasteiger partial charge in [0.15, 0.2) is 0 Å². The molecule has 0 unspecified atom stereocenters. The topological polar surface area (TPSA) is 9.23 Å². The van der Waals surface area contributed by atoms with Gasteiger partial charge in [0.25, 0.3) is 0 Å². The van der Waals surface area contributed by atoms with E-state index in [0.717, 1.165) is 0 Å². The van der Waals surface area contributed by atoms with Gasteiger partial charge in [-0.15, -0.1) is 0 Å². The van der Waals surface area contributed by atoms with Crippen molar-refractivity contribution in [1.82, 2.24) is 0 Å². The van der Waals surface area contributed by atoms with Crippen LogP contribution in [0.4, 0.5) is 0 Å². The Bertz CT molecular complexity index is 249. The predicted molar refractivity (Wildman–Crippen MR) is 48.0 cm³/mol. The Kier molecular flexibility index (Phi) is 2.88. The first-order valence-corrected chi connectivity index (χ1v) is 3.97. The fraction of sp³-hybridized carbons (Fsp3) is 0.143. The molecule has 0 saturated heterocycles. The van der Waals surface area contributed by atoms with E-state index in [4.69, 9.17) is 39.5 Å². The Hall–Kier alpha value is -0.110. The highest BCUT2D eigenvalue weighted by Gasteiger charge is 2.04. The molecule has 1 rings (SSSR count). The highest BCUT2D eigenvalue weighted by Crippen LogP contribution is 2.33. The van der Waals surface area contributed by atoms with Crippen LogP contribution in [0.25, 0.3) is 0 Å². The first-order valence-electron chi connectivity index (χ1n) is 2.83. The van der Waals surface area contributed by atoms with Crippen molar-refractivity contribution in [3.63, 3.8) is 0 Å². The Labute approximate surface area is 79.8 Å². The van der Waals surface area contributed by atoms with E-state index in [0.29, 0.717) is 20.8 Å². The Morgan fingerprint density at radius 3 is 1.91 bits per heavy atom. The lowest BCUT2D eigenvalue weighted by molar-refractivity contribution is 0.415. The highest BCUT2D eigenvalue weighted by molar-refractivity contribution is 6.48. The normalized spacial score (nSPS) is 9.82. The second-order valence-corrected chi connectivity index (χ2v) is 3.10. The smallest absolute Gasteiger partial charge is 0.121 e. The van der Waals surface area contributed by atoms with Crippen molar-refractivity contribution in [3.8, 4) is 5.75 Å². The summed E-state index contributed by atoms with van der Waals surface area (Å²) < 4.78 is 4.90. The van der Waals surface area contributed by atoms with Crippen LogP contribution in [0.5, 0.6) is 5.75 Å². The van der Waals surface area contributed by atoms with Gasteiger partial charge >= 0.3 is 0 Å². The van der Waals surface area contributed by atoms with Crippen molar-refractivity contribution in [3.05, 3.63) is 27.2 Å². The van der Waals surface area contributed by atoms with Crippen LogP contribution in [-0.4, -0.2) is 7.11 Å². The van der Waals surface area contributed by atoms with Crippen LogP contribution < -0.4 is 4.74 Å². The highest BCUT2D eigenvalue weighted by atomic mass is 35.5. The minimum absolute atomic E-state index is 0.356. The van der Waals surface area contributed by atoms with Gasteiger partial charge in [0.1, 0.15) is 5.75 Å². The minimum atomic E-state index is 0.356. The predicted octanol–water partition coefficient (Wildman–Crippen LogP) is 3.66. The molecule has 0 bridgehead atoms. The van der Waals surface area contributed by atoms with Crippen molar-refractivity contribution < 1.29 is 4.74 Å². The summed E-state index contributed by atoms with van der Waals surface area (Å²) in [6.45, 7) is 0. The van der Waals surface area contributed by atoms with Gasteiger partial charge in [0.2, 0.25) is 0 Å². The number of benzene rings is 1. The van der Waals surface area contributed by atoms with Crippen molar-refractivity contribution >= 4 is 34.8 Å². The van der Waals surface area contributed by atoms with Crippen LogP contribution in [-0.2, 0) is 0 Å². The fourth-order valence-corrected chi connectivity index (χ4v) is 1.23. The van der Waals surface area contributed by atoms with Gasteiger partial charge < -0.3 is 4.74 Å². The Morgan fingerprint density at radius 1 is 1.09 bits per heavy atom. The fourth-order valence-electron chi connectivity index (χ4n) is 0.650. The molecule has 0 spiro atoms. The first-order chi connectivity index (χ1) is 5.15. The zero-order chi connectivity index (χ0) is 8.43. The average Bonchev–Trinajstić information content (AvgIpc) is 1.99. The molecule has 1 aromatic rings. The molecule has 0 heterocycles. The molecular formula is C7H5Cl3O. The van der Waals surface area contributed by atoms with E-state index in [1.807, 2.05) is 0 Å². The third-order valence-corrected chi connectivity index (χ3v) is 2.39. The molecule has 0 aliphatic rings. The van der Waals surface area contributed by atoms with E-state index in [2.05, 4.69) is 0 Å². The molecule has 60 valence electrons. The molecule has 0 amide bonds. The number of halogens is 3. The monoisotopic (exact) mass is 210 g/mol. The number of rotatable bonds is 1. The molecule has 0 N–H and O–H groups in total. The van der Waals surface area contributed by atoms with Gasteiger partial charge in [0, 0.05) is 12.1 Å². The summed E-state index contributed by atoms with van der Waals surface area (Å²) in [5, 5.41) is 1.15. The molecule has 0 aromatic heterocycles. The van der Waals surface area contributed by atoms with Crippen LogP contribution in [0.3, 0.4) is 0 Å². The van der Waals surface area contributed by atoms with Crippen LogP contribution in [0.15, 0.2) is 12.1 Å². The molecule has 11 heavy (non-hydrogen) atoms. The molecule has 0 atom stereocenters. The zero-order valence-corrected chi connectivity index (χ0v) is 7.96. The number of hydrogen-bond acceptors (Lipinski definition) is 1. The third kappa shape index (κ3) is 1.92. The second-order valence-electron chi connectivity index (χ2n) is 1.91. The maximum Gasteiger partial charge on any atom is 0.121 e. The molecule has 1 nitrogen and oxygen atoms in total. The van der Waals surface area contributed by atoms with Crippen LogP contribution in [0.2, 0.25) is 15.1 Å². The van der Waals surface area contributed by atoms with Gasteiger partial charge in [0.05, 0.1) is 22.2 Å². The van der Waals surface area contributed by atoms with E-state index in [-0.39, 0.29) is 0 Å². The lowest BCUT2D eigenvalue weighted by atomic mass is 10.3. The van der Waals surface area contributed by atoms with Gasteiger partial charge in [-0.3, -0.25) is 0 Å². The summed E-state index contributed by atoms with van der Waals surface area (Å²) in [7, 11) is 1.54.